The summed E-state index contributed by atoms with van der Waals surface area (Å²) >= 11 is 19.5. The summed E-state index contributed by atoms with van der Waals surface area (Å²) < 4.78 is 34.5. The highest BCUT2D eigenvalue weighted by atomic mass is 35.5. The van der Waals surface area contributed by atoms with E-state index in [9.17, 15) is 0 Å². The van der Waals surface area contributed by atoms with E-state index in [2.05, 4.69) is 0 Å². The van der Waals surface area contributed by atoms with E-state index in [0.717, 1.165) is 0 Å². The minimum absolute atomic E-state index is 0.439. The van der Waals surface area contributed by atoms with Gasteiger partial charge >= 0.3 is 21.4 Å². The van der Waals surface area contributed by atoms with Crippen molar-refractivity contribution in [2.75, 3.05) is 21.3 Å². The maximum Gasteiger partial charge on any atom is 0.468 e. The van der Waals surface area contributed by atoms with E-state index in [0.29, 0.717) is 48.7 Å². The predicted molar refractivity (Wildman–Crippen MR) is 133 cm³/mol. The molecule has 0 atom stereocenters. The molecule has 3 aromatic rings. The summed E-state index contributed by atoms with van der Waals surface area (Å²) in [4.78, 5) is 0. The van der Waals surface area contributed by atoms with Gasteiger partial charge in [0.2, 0.25) is 0 Å². The number of rotatable bonds is 6. The van der Waals surface area contributed by atoms with Crippen molar-refractivity contribution >= 4 is 72.5 Å². The van der Waals surface area contributed by atoms with Crippen LogP contribution in [-0.2, 0) is 13.7 Å². The first-order valence-corrected chi connectivity index (χ1v) is 11.0. The molecular weight excluding hydrogens is 487 g/mol. The average molecular weight is 505 g/mol. The van der Waals surface area contributed by atoms with Crippen molar-refractivity contribution in [1.82, 2.24) is 0 Å². The Bertz CT molecular complexity index is 1000. The van der Waals surface area contributed by atoms with Crippen molar-refractivity contribution in [3.63, 3.8) is 0 Å². The van der Waals surface area contributed by atoms with Crippen molar-refractivity contribution in [2.45, 2.75) is 0 Å². The molecule has 0 N–H and O–H groups in total. The summed E-state index contributed by atoms with van der Waals surface area (Å²) in [5, 5.41) is 1.32. The second-order valence-electron chi connectivity index (χ2n) is 7.07. The summed E-state index contributed by atoms with van der Waals surface area (Å²) in [5.41, 5.74) is 1.69. The molecule has 1 saturated heterocycles. The Hall–Kier alpha value is -2.00. The van der Waals surface area contributed by atoms with E-state index in [1.165, 1.54) is 0 Å². The van der Waals surface area contributed by atoms with E-state index < -0.39 is 21.4 Å². The number of methoxy groups -OCH3 is 3. The van der Waals surface area contributed by atoms with Crippen molar-refractivity contribution in [1.29, 1.82) is 0 Å². The van der Waals surface area contributed by atoms with E-state index in [-0.39, 0.29) is 0 Å². The summed E-state index contributed by atoms with van der Waals surface area (Å²) in [6, 6.07) is 15.6. The lowest BCUT2D eigenvalue weighted by Gasteiger charge is -2.32. The molecule has 1 aliphatic heterocycles. The highest BCUT2D eigenvalue weighted by Crippen LogP contribution is 2.23. The second-order valence-corrected chi connectivity index (χ2v) is 8.29. The zero-order chi connectivity index (χ0) is 23.5. The number of ether oxygens (including phenoxy) is 3. The summed E-state index contributed by atoms with van der Waals surface area (Å²) in [5.74, 6) is 1.79. The largest absolute Gasteiger partial charge is 0.497 e. The molecule has 33 heavy (non-hydrogen) atoms. The number of hydrogen-bond donors (Lipinski definition) is 0. The minimum atomic E-state index is -0.916. The molecule has 4 rings (SSSR count). The molecule has 3 aromatic carbocycles. The van der Waals surface area contributed by atoms with Crippen LogP contribution in [-0.4, -0.2) is 42.7 Å². The van der Waals surface area contributed by atoms with Crippen molar-refractivity contribution in [3.05, 3.63) is 69.7 Å². The molecule has 0 radical (unpaired) electrons. The Morgan fingerprint density at radius 2 is 0.788 bits per heavy atom. The molecule has 0 saturated carbocycles. The van der Waals surface area contributed by atoms with Crippen molar-refractivity contribution in [2.24, 2.45) is 0 Å². The molecule has 0 bridgehead atoms. The van der Waals surface area contributed by atoms with Gasteiger partial charge in [0.25, 0.3) is 0 Å². The molecule has 1 aliphatic rings. The van der Waals surface area contributed by atoms with Crippen molar-refractivity contribution < 1.29 is 27.9 Å². The van der Waals surface area contributed by atoms with Gasteiger partial charge in [0.05, 0.1) is 21.3 Å². The Morgan fingerprint density at radius 3 is 1.03 bits per heavy atom. The maximum absolute atomic E-state index is 6.48. The summed E-state index contributed by atoms with van der Waals surface area (Å²) in [6.07, 6.45) is 0. The first kappa shape index (κ1) is 24.1. The summed E-state index contributed by atoms with van der Waals surface area (Å²) in [6.45, 7) is 0. The summed E-state index contributed by atoms with van der Waals surface area (Å²) in [7, 11) is 1.95. The highest BCUT2D eigenvalue weighted by molar-refractivity contribution is 6.89. The molecule has 6 nitrogen and oxygen atoms in total. The van der Waals surface area contributed by atoms with Crippen LogP contribution in [0, 0.1) is 0 Å². The van der Waals surface area contributed by atoms with Gasteiger partial charge in [-0.3, -0.25) is 0 Å². The first-order chi connectivity index (χ1) is 15.9. The van der Waals surface area contributed by atoms with Crippen LogP contribution in [0.1, 0.15) is 0 Å². The highest BCUT2D eigenvalue weighted by Gasteiger charge is 2.46. The van der Waals surface area contributed by atoms with Crippen LogP contribution in [0.2, 0.25) is 15.1 Å². The van der Waals surface area contributed by atoms with Crippen LogP contribution in [0.3, 0.4) is 0 Å². The van der Waals surface area contributed by atoms with E-state index in [1.54, 1.807) is 75.9 Å². The van der Waals surface area contributed by atoms with Crippen LogP contribution < -0.4 is 30.6 Å². The van der Waals surface area contributed by atoms with Crippen molar-refractivity contribution in [3.8, 4) is 17.2 Å². The van der Waals surface area contributed by atoms with Crippen LogP contribution >= 0.6 is 34.8 Å². The fraction of sp³-hybridized carbons (Fsp3) is 0.143. The van der Waals surface area contributed by atoms with Crippen LogP contribution in [0.5, 0.6) is 17.2 Å². The molecule has 0 amide bonds. The number of hydrogen-bond acceptors (Lipinski definition) is 6. The van der Waals surface area contributed by atoms with E-state index >= 15 is 0 Å². The third kappa shape index (κ3) is 5.24. The lowest BCUT2D eigenvalue weighted by molar-refractivity contribution is 0.308. The fourth-order valence-electron chi connectivity index (χ4n) is 3.36. The molecule has 0 aliphatic carbocycles. The average Bonchev–Trinajstić information content (AvgIpc) is 2.84. The normalized spacial score (nSPS) is 13.8. The Labute approximate surface area is 208 Å². The third-order valence-electron chi connectivity index (χ3n) is 5.11. The lowest BCUT2D eigenvalue weighted by Crippen LogP contribution is -2.61. The predicted octanol–water partition coefficient (Wildman–Crippen LogP) is 3.22. The van der Waals surface area contributed by atoms with Crippen LogP contribution in [0.15, 0.2) is 54.6 Å². The molecule has 1 fully saturated rings. The van der Waals surface area contributed by atoms with E-state index in [1.807, 2.05) is 0 Å². The van der Waals surface area contributed by atoms with Crippen LogP contribution in [0.4, 0.5) is 0 Å². The molecule has 0 spiro atoms. The monoisotopic (exact) mass is 504 g/mol. The third-order valence-corrected chi connectivity index (χ3v) is 6.15. The zero-order valence-corrected chi connectivity index (χ0v) is 20.3. The van der Waals surface area contributed by atoms with Gasteiger partial charge < -0.3 is 27.9 Å². The van der Waals surface area contributed by atoms with E-state index in [4.69, 9.17) is 62.7 Å². The van der Waals surface area contributed by atoms with Gasteiger partial charge in [0, 0.05) is 31.5 Å². The molecule has 0 unspecified atom stereocenters. The second kappa shape index (κ2) is 10.5. The van der Waals surface area contributed by atoms with Gasteiger partial charge in [0.1, 0.15) is 17.2 Å². The zero-order valence-electron chi connectivity index (χ0n) is 18.0. The molecular formula is C21H18B3Cl3O6. The topological polar surface area (TPSA) is 55.4 Å². The molecule has 1 heterocycles. The van der Waals surface area contributed by atoms with Gasteiger partial charge in [-0.1, -0.05) is 34.8 Å². The SMILES string of the molecule is COc1ccc(Cl)c(B2OB(c3cc(OC)ccc3Cl)OB(c3cc(OC)ccc3Cl)O2)c1. The van der Waals surface area contributed by atoms with Gasteiger partial charge in [-0.15, -0.1) is 0 Å². The molecule has 0 aromatic heterocycles. The van der Waals surface area contributed by atoms with Gasteiger partial charge in [-0.2, -0.15) is 0 Å². The molecule has 12 heteroatoms. The smallest absolute Gasteiger partial charge is 0.468 e. The molecule has 168 valence electrons. The number of halogens is 3. The minimum Gasteiger partial charge on any atom is -0.497 e. The lowest BCUT2D eigenvalue weighted by atomic mass is 9.61. The number of benzene rings is 3. The quantitative estimate of drug-likeness (QED) is 0.480. The van der Waals surface area contributed by atoms with Crippen LogP contribution in [0.25, 0.3) is 0 Å². The first-order valence-electron chi connectivity index (χ1n) is 9.90. The van der Waals surface area contributed by atoms with Gasteiger partial charge in [-0.05, 0) is 54.6 Å². The standard InChI is InChI=1S/C21H18B3Cl3O6/c1-28-13-4-7-19(25)16(10-13)22-31-23(17-11-14(29-2)5-8-20(17)26)33-24(32-22)18-12-15(30-3)6-9-21(18)27/h4-12H,1-3H3. The Morgan fingerprint density at radius 1 is 0.515 bits per heavy atom. The maximum atomic E-state index is 6.48. The van der Waals surface area contributed by atoms with Gasteiger partial charge in [-0.25, -0.2) is 0 Å². The van der Waals surface area contributed by atoms with Gasteiger partial charge in [0.15, 0.2) is 0 Å². The Balaban J connectivity index is 1.79. The Kier molecular flexibility index (Phi) is 7.69. The fourth-order valence-corrected chi connectivity index (χ4v) is 3.98.